The summed E-state index contributed by atoms with van der Waals surface area (Å²) in [6.07, 6.45) is 1.70. The largest absolute Gasteiger partial charge is 0.496 e. The summed E-state index contributed by atoms with van der Waals surface area (Å²) in [5.41, 5.74) is 2.10. The molecule has 25 heavy (non-hydrogen) atoms. The molecule has 1 aliphatic heterocycles. The topological polar surface area (TPSA) is 53.3 Å². The van der Waals surface area contributed by atoms with Crippen LogP contribution in [0.2, 0.25) is 0 Å². The van der Waals surface area contributed by atoms with Gasteiger partial charge in [0, 0.05) is 24.2 Å². The molecule has 1 amide bonds. The maximum atomic E-state index is 12.9. The summed E-state index contributed by atoms with van der Waals surface area (Å²) in [7, 11) is 1.64. The summed E-state index contributed by atoms with van der Waals surface area (Å²) in [6, 6.07) is 17.7. The number of rotatable bonds is 3. The number of para-hydroxylation sites is 1. The highest BCUT2D eigenvalue weighted by molar-refractivity contribution is 5.95. The van der Waals surface area contributed by atoms with Crippen LogP contribution in [0.4, 0.5) is 0 Å². The smallest absolute Gasteiger partial charge is 0.253 e. The van der Waals surface area contributed by atoms with Crippen LogP contribution in [0.5, 0.6) is 5.75 Å². The van der Waals surface area contributed by atoms with Crippen LogP contribution < -0.4 is 4.74 Å². The standard InChI is InChI=1S/C21H22N2O2/c1-21(14-22)11-6-12-23(15-21)20(24)17-8-5-7-16(13-17)18-9-3-4-10-19(18)25-2/h3-5,7-10,13H,6,11-12,15H2,1-2H3/t21-/m1/s1. The zero-order chi connectivity index (χ0) is 17.9. The quantitative estimate of drug-likeness (QED) is 0.848. The van der Waals surface area contributed by atoms with Gasteiger partial charge in [0.25, 0.3) is 5.91 Å². The lowest BCUT2D eigenvalue weighted by Crippen LogP contribution is -2.44. The van der Waals surface area contributed by atoms with Crippen molar-refractivity contribution in [1.29, 1.82) is 5.26 Å². The summed E-state index contributed by atoms with van der Waals surface area (Å²) >= 11 is 0. The number of nitrogens with zero attached hydrogens (tertiary/aromatic N) is 2. The minimum absolute atomic E-state index is 0.0158. The van der Waals surface area contributed by atoms with Crippen LogP contribution in [-0.4, -0.2) is 31.0 Å². The number of hydrogen-bond acceptors (Lipinski definition) is 3. The second kappa shape index (κ2) is 6.98. The highest BCUT2D eigenvalue weighted by Crippen LogP contribution is 2.32. The number of likely N-dealkylation sites (tertiary alicyclic amines) is 1. The second-order valence-electron chi connectivity index (χ2n) is 6.78. The number of nitriles is 1. The van der Waals surface area contributed by atoms with Gasteiger partial charge in [0.05, 0.1) is 18.6 Å². The van der Waals surface area contributed by atoms with E-state index in [2.05, 4.69) is 6.07 Å². The van der Waals surface area contributed by atoms with Crippen molar-refractivity contribution in [1.82, 2.24) is 4.90 Å². The molecule has 2 aromatic rings. The van der Waals surface area contributed by atoms with E-state index >= 15 is 0 Å². The maximum Gasteiger partial charge on any atom is 0.253 e. The van der Waals surface area contributed by atoms with Gasteiger partial charge < -0.3 is 9.64 Å². The molecule has 0 aliphatic carbocycles. The van der Waals surface area contributed by atoms with Crippen LogP contribution in [0, 0.1) is 16.7 Å². The van der Waals surface area contributed by atoms with E-state index in [0.29, 0.717) is 18.7 Å². The number of carbonyl (C=O) groups excluding carboxylic acids is 1. The van der Waals surface area contributed by atoms with Gasteiger partial charge in [-0.2, -0.15) is 5.26 Å². The number of hydrogen-bond donors (Lipinski definition) is 0. The Balaban J connectivity index is 1.89. The predicted octanol–water partition coefficient (Wildman–Crippen LogP) is 4.13. The van der Waals surface area contributed by atoms with Crippen LogP contribution in [-0.2, 0) is 0 Å². The predicted molar refractivity (Wildman–Crippen MR) is 97.3 cm³/mol. The molecule has 1 aliphatic rings. The molecule has 1 fully saturated rings. The first-order valence-corrected chi connectivity index (χ1v) is 8.50. The van der Waals surface area contributed by atoms with Gasteiger partial charge in [-0.3, -0.25) is 4.79 Å². The molecule has 128 valence electrons. The van der Waals surface area contributed by atoms with Crippen LogP contribution in [0.25, 0.3) is 11.1 Å². The van der Waals surface area contributed by atoms with Crippen LogP contribution in [0.3, 0.4) is 0 Å². The summed E-state index contributed by atoms with van der Waals surface area (Å²) in [5, 5.41) is 9.37. The lowest BCUT2D eigenvalue weighted by Gasteiger charge is -2.36. The number of carbonyl (C=O) groups is 1. The van der Waals surface area contributed by atoms with Crippen molar-refractivity contribution in [2.75, 3.05) is 20.2 Å². The van der Waals surface area contributed by atoms with Gasteiger partial charge in [0.1, 0.15) is 5.75 Å². The zero-order valence-corrected chi connectivity index (χ0v) is 14.7. The SMILES string of the molecule is COc1ccccc1-c1cccc(C(=O)N2CCC[C@](C)(C#N)C2)c1. The van der Waals surface area contributed by atoms with Crippen molar-refractivity contribution in [3.63, 3.8) is 0 Å². The van der Waals surface area contributed by atoms with E-state index in [1.807, 2.05) is 55.5 Å². The molecule has 1 atom stereocenters. The Kier molecular flexibility index (Phi) is 4.76. The molecular formula is C21H22N2O2. The highest BCUT2D eigenvalue weighted by Gasteiger charge is 2.33. The van der Waals surface area contributed by atoms with Gasteiger partial charge in [0.15, 0.2) is 0 Å². The molecule has 0 saturated carbocycles. The molecule has 0 bridgehead atoms. The molecule has 0 aromatic heterocycles. The number of methoxy groups -OCH3 is 1. The van der Waals surface area contributed by atoms with Crippen LogP contribution in [0.15, 0.2) is 48.5 Å². The first-order chi connectivity index (χ1) is 12.1. The minimum atomic E-state index is -0.450. The van der Waals surface area contributed by atoms with Crippen molar-refractivity contribution in [2.45, 2.75) is 19.8 Å². The van der Waals surface area contributed by atoms with Crippen LogP contribution in [0.1, 0.15) is 30.1 Å². The third-order valence-corrected chi connectivity index (χ3v) is 4.78. The minimum Gasteiger partial charge on any atom is -0.496 e. The van der Waals surface area contributed by atoms with E-state index in [-0.39, 0.29) is 5.91 Å². The summed E-state index contributed by atoms with van der Waals surface area (Å²) in [5.74, 6) is 0.764. The fraction of sp³-hybridized carbons (Fsp3) is 0.333. The fourth-order valence-corrected chi connectivity index (χ4v) is 3.39. The number of amides is 1. The fourth-order valence-electron chi connectivity index (χ4n) is 3.39. The molecule has 0 N–H and O–H groups in total. The Morgan fingerprint density at radius 3 is 2.80 bits per heavy atom. The normalized spacial score (nSPS) is 20.0. The van der Waals surface area contributed by atoms with Gasteiger partial charge >= 0.3 is 0 Å². The molecule has 3 rings (SSSR count). The Bertz CT molecular complexity index is 825. The third-order valence-electron chi connectivity index (χ3n) is 4.78. The van der Waals surface area contributed by atoms with Gasteiger partial charge in [-0.15, -0.1) is 0 Å². The molecule has 0 spiro atoms. The second-order valence-corrected chi connectivity index (χ2v) is 6.78. The summed E-state index contributed by atoms with van der Waals surface area (Å²) < 4.78 is 5.43. The van der Waals surface area contributed by atoms with Crippen molar-refractivity contribution >= 4 is 5.91 Å². The lowest BCUT2D eigenvalue weighted by molar-refractivity contribution is 0.0630. The van der Waals surface area contributed by atoms with Crippen molar-refractivity contribution in [3.05, 3.63) is 54.1 Å². The average Bonchev–Trinajstić information content (AvgIpc) is 2.67. The maximum absolute atomic E-state index is 12.9. The third kappa shape index (κ3) is 3.51. The van der Waals surface area contributed by atoms with Crippen LogP contribution >= 0.6 is 0 Å². The summed E-state index contributed by atoms with van der Waals surface area (Å²) in [4.78, 5) is 14.7. The molecule has 0 radical (unpaired) electrons. The highest BCUT2D eigenvalue weighted by atomic mass is 16.5. The molecule has 4 heteroatoms. The first kappa shape index (κ1) is 17.0. The summed E-state index contributed by atoms with van der Waals surface area (Å²) in [6.45, 7) is 3.12. The molecule has 0 unspecified atom stereocenters. The molecule has 1 heterocycles. The van der Waals surface area contributed by atoms with Gasteiger partial charge in [0.2, 0.25) is 0 Å². The Morgan fingerprint density at radius 2 is 2.04 bits per heavy atom. The number of ether oxygens (including phenoxy) is 1. The van der Waals surface area contributed by atoms with E-state index in [9.17, 15) is 10.1 Å². The molecule has 1 saturated heterocycles. The van der Waals surface area contributed by atoms with Gasteiger partial charge in [-0.25, -0.2) is 0 Å². The zero-order valence-electron chi connectivity index (χ0n) is 14.7. The van der Waals surface area contributed by atoms with E-state index in [4.69, 9.17) is 4.74 Å². The van der Waals surface area contributed by atoms with Crippen molar-refractivity contribution in [2.24, 2.45) is 5.41 Å². The van der Waals surface area contributed by atoms with E-state index < -0.39 is 5.41 Å². The van der Waals surface area contributed by atoms with Crippen molar-refractivity contribution in [3.8, 4) is 22.9 Å². The first-order valence-electron chi connectivity index (χ1n) is 8.50. The molecule has 2 aromatic carbocycles. The van der Waals surface area contributed by atoms with Gasteiger partial charge in [-0.05, 0) is 43.5 Å². The molecular weight excluding hydrogens is 312 g/mol. The Labute approximate surface area is 148 Å². The van der Waals surface area contributed by atoms with Crippen molar-refractivity contribution < 1.29 is 9.53 Å². The van der Waals surface area contributed by atoms with E-state index in [1.54, 1.807) is 12.0 Å². The number of piperidine rings is 1. The van der Waals surface area contributed by atoms with Gasteiger partial charge in [-0.1, -0.05) is 30.3 Å². The van der Waals surface area contributed by atoms with E-state index in [0.717, 1.165) is 29.7 Å². The Hall–Kier alpha value is -2.80. The number of benzene rings is 2. The average molecular weight is 334 g/mol. The molecule has 4 nitrogen and oxygen atoms in total. The van der Waals surface area contributed by atoms with E-state index in [1.165, 1.54) is 0 Å². The lowest BCUT2D eigenvalue weighted by atomic mass is 9.83. The Morgan fingerprint density at radius 1 is 1.24 bits per heavy atom. The monoisotopic (exact) mass is 334 g/mol.